The van der Waals surface area contributed by atoms with Crippen LogP contribution >= 0.6 is 0 Å². The van der Waals surface area contributed by atoms with Crippen LogP contribution in [-0.2, 0) is 10.3 Å². The van der Waals surface area contributed by atoms with E-state index >= 15 is 0 Å². The van der Waals surface area contributed by atoms with E-state index in [4.69, 9.17) is 0 Å². The number of hydrogen-bond acceptors (Lipinski definition) is 3. The third-order valence-corrected chi connectivity index (χ3v) is 3.78. The average molecular weight is 262 g/mol. The number of ketones is 1. The molecule has 102 valence electrons. The number of pyridine rings is 1. The lowest BCUT2D eigenvalue weighted by molar-refractivity contribution is -0.132. The van der Waals surface area contributed by atoms with Crippen LogP contribution in [0, 0.1) is 0 Å². The highest BCUT2D eigenvalue weighted by molar-refractivity contribution is 5.92. The van der Waals surface area contributed by atoms with E-state index in [1.807, 2.05) is 0 Å². The number of nitrogens with zero attached hydrogens (tertiary/aromatic N) is 2. The maximum Gasteiger partial charge on any atom is 0.408 e. The molecular formula is C14H18N2O3. The van der Waals surface area contributed by atoms with Gasteiger partial charge in [-0.15, -0.1) is 0 Å². The van der Waals surface area contributed by atoms with E-state index in [2.05, 4.69) is 4.98 Å². The summed E-state index contributed by atoms with van der Waals surface area (Å²) in [5, 5.41) is 9.43. The molecule has 19 heavy (non-hydrogen) atoms. The van der Waals surface area contributed by atoms with Crippen LogP contribution in [0.3, 0.4) is 0 Å². The number of carbonyl (C=O) groups excluding carboxylic acids is 1. The highest BCUT2D eigenvalue weighted by Crippen LogP contribution is 2.39. The molecule has 1 saturated heterocycles. The van der Waals surface area contributed by atoms with Gasteiger partial charge in [-0.05, 0) is 25.3 Å². The number of hydrogen-bond donors (Lipinski definition) is 1. The average Bonchev–Trinajstić information content (AvgIpc) is 2.47. The Morgan fingerprint density at radius 1 is 1.47 bits per heavy atom. The van der Waals surface area contributed by atoms with Crippen LogP contribution in [0.2, 0.25) is 0 Å². The fourth-order valence-corrected chi connectivity index (χ4v) is 2.89. The largest absolute Gasteiger partial charge is 0.465 e. The number of amides is 1. The van der Waals surface area contributed by atoms with Gasteiger partial charge in [0.25, 0.3) is 0 Å². The van der Waals surface area contributed by atoms with Crippen molar-refractivity contribution in [2.45, 2.75) is 38.1 Å². The minimum Gasteiger partial charge on any atom is -0.465 e. The number of likely N-dealkylation sites (tertiary alicyclic amines) is 1. The van der Waals surface area contributed by atoms with E-state index in [1.54, 1.807) is 31.5 Å². The van der Waals surface area contributed by atoms with Gasteiger partial charge < -0.3 is 5.11 Å². The molecule has 1 unspecified atom stereocenters. The summed E-state index contributed by atoms with van der Waals surface area (Å²) >= 11 is 0. The van der Waals surface area contributed by atoms with Gasteiger partial charge in [0, 0.05) is 30.9 Å². The zero-order chi connectivity index (χ0) is 13.9. The second-order valence-corrected chi connectivity index (χ2v) is 4.77. The van der Waals surface area contributed by atoms with Gasteiger partial charge in [-0.25, -0.2) is 4.79 Å². The Morgan fingerprint density at radius 3 is 2.84 bits per heavy atom. The molecule has 0 aliphatic carbocycles. The molecule has 0 aromatic carbocycles. The van der Waals surface area contributed by atoms with Gasteiger partial charge in [-0.1, -0.05) is 13.0 Å². The van der Waals surface area contributed by atoms with Crippen LogP contribution in [0.25, 0.3) is 0 Å². The standard InChI is InChI=1S/C14H18N2O3/c1-2-12(17)14(11-6-5-8-15-10-11)7-3-4-9-16(14)13(18)19/h5-6,8,10H,2-4,7,9H2,1H3,(H,18,19). The summed E-state index contributed by atoms with van der Waals surface area (Å²) in [6.07, 6.45) is 4.70. The van der Waals surface area contributed by atoms with Crippen LogP contribution in [0.15, 0.2) is 24.5 Å². The van der Waals surface area contributed by atoms with Crippen LogP contribution in [0.4, 0.5) is 4.79 Å². The van der Waals surface area contributed by atoms with Crippen molar-refractivity contribution in [3.8, 4) is 0 Å². The Hall–Kier alpha value is -1.91. The number of carbonyl (C=O) groups is 2. The fourth-order valence-electron chi connectivity index (χ4n) is 2.89. The van der Waals surface area contributed by atoms with Gasteiger partial charge in [-0.2, -0.15) is 0 Å². The van der Waals surface area contributed by atoms with Crippen LogP contribution in [0.1, 0.15) is 38.2 Å². The predicted molar refractivity (Wildman–Crippen MR) is 69.8 cm³/mol. The second kappa shape index (κ2) is 5.38. The first-order valence-corrected chi connectivity index (χ1v) is 6.57. The molecule has 0 radical (unpaired) electrons. The van der Waals surface area contributed by atoms with Crippen molar-refractivity contribution in [1.29, 1.82) is 0 Å². The second-order valence-electron chi connectivity index (χ2n) is 4.77. The molecule has 1 aromatic heterocycles. The smallest absolute Gasteiger partial charge is 0.408 e. The first kappa shape index (κ1) is 13.5. The van der Waals surface area contributed by atoms with Crippen molar-refractivity contribution in [3.63, 3.8) is 0 Å². The summed E-state index contributed by atoms with van der Waals surface area (Å²) in [4.78, 5) is 29.3. The third kappa shape index (κ3) is 2.20. The van der Waals surface area contributed by atoms with Crippen LogP contribution in [-0.4, -0.2) is 33.4 Å². The number of aromatic nitrogens is 1. The highest BCUT2D eigenvalue weighted by Gasteiger charge is 2.48. The molecular weight excluding hydrogens is 244 g/mol. The molecule has 0 bridgehead atoms. The molecule has 1 aromatic rings. The van der Waals surface area contributed by atoms with Crippen molar-refractivity contribution in [3.05, 3.63) is 30.1 Å². The zero-order valence-corrected chi connectivity index (χ0v) is 11.0. The molecule has 1 amide bonds. The predicted octanol–water partition coefficient (Wildman–Crippen LogP) is 2.42. The molecule has 1 N–H and O–H groups in total. The van der Waals surface area contributed by atoms with Crippen molar-refractivity contribution >= 4 is 11.9 Å². The van der Waals surface area contributed by atoms with E-state index < -0.39 is 11.6 Å². The van der Waals surface area contributed by atoms with Gasteiger partial charge in [-0.3, -0.25) is 14.7 Å². The molecule has 1 fully saturated rings. The lowest BCUT2D eigenvalue weighted by atomic mass is 9.77. The topological polar surface area (TPSA) is 70.5 Å². The van der Waals surface area contributed by atoms with Crippen LogP contribution < -0.4 is 0 Å². The lowest BCUT2D eigenvalue weighted by Gasteiger charge is -2.44. The Labute approximate surface area is 112 Å². The summed E-state index contributed by atoms with van der Waals surface area (Å²) < 4.78 is 0. The van der Waals surface area contributed by atoms with Crippen molar-refractivity contribution in [2.24, 2.45) is 0 Å². The van der Waals surface area contributed by atoms with E-state index in [0.29, 0.717) is 24.9 Å². The van der Waals surface area contributed by atoms with Gasteiger partial charge in [0.15, 0.2) is 5.78 Å². The normalized spacial score (nSPS) is 23.1. The van der Waals surface area contributed by atoms with Crippen molar-refractivity contribution < 1.29 is 14.7 Å². The maximum absolute atomic E-state index is 12.5. The van der Waals surface area contributed by atoms with Gasteiger partial charge >= 0.3 is 6.09 Å². The molecule has 1 aliphatic rings. The van der Waals surface area contributed by atoms with Gasteiger partial charge in [0.2, 0.25) is 0 Å². The summed E-state index contributed by atoms with van der Waals surface area (Å²) in [5.41, 5.74) is -0.364. The minimum atomic E-state index is -1.05. The Balaban J connectivity index is 2.55. The van der Waals surface area contributed by atoms with Gasteiger partial charge in [0.1, 0.15) is 5.54 Å². The monoisotopic (exact) mass is 262 g/mol. The number of rotatable bonds is 3. The van der Waals surface area contributed by atoms with Crippen LogP contribution in [0.5, 0.6) is 0 Å². The Kier molecular flexibility index (Phi) is 3.83. The molecule has 1 aliphatic heterocycles. The molecule has 0 spiro atoms. The maximum atomic E-state index is 12.5. The van der Waals surface area contributed by atoms with E-state index in [0.717, 1.165) is 12.8 Å². The zero-order valence-electron chi connectivity index (χ0n) is 11.0. The Bertz CT molecular complexity index is 475. The minimum absolute atomic E-state index is 0.0531. The van der Waals surface area contributed by atoms with E-state index in [9.17, 15) is 14.7 Å². The molecule has 2 rings (SSSR count). The SMILES string of the molecule is CCC(=O)C1(c2cccnc2)CCCCN1C(=O)O. The highest BCUT2D eigenvalue weighted by atomic mass is 16.4. The van der Waals surface area contributed by atoms with E-state index in [-0.39, 0.29) is 5.78 Å². The first-order chi connectivity index (χ1) is 9.13. The fraction of sp³-hybridized carbons (Fsp3) is 0.500. The summed E-state index contributed by atoms with van der Waals surface area (Å²) in [6, 6.07) is 3.54. The van der Waals surface area contributed by atoms with Gasteiger partial charge in [0.05, 0.1) is 0 Å². The van der Waals surface area contributed by atoms with Crippen molar-refractivity contribution in [1.82, 2.24) is 9.88 Å². The number of Topliss-reactive ketones (excluding diaryl/α,β-unsaturated/α-hetero) is 1. The van der Waals surface area contributed by atoms with E-state index in [1.165, 1.54) is 4.90 Å². The molecule has 5 nitrogen and oxygen atoms in total. The third-order valence-electron chi connectivity index (χ3n) is 3.78. The quantitative estimate of drug-likeness (QED) is 0.908. The summed E-state index contributed by atoms with van der Waals surface area (Å²) in [5.74, 6) is -0.0531. The summed E-state index contributed by atoms with van der Waals surface area (Å²) in [7, 11) is 0. The molecule has 2 heterocycles. The first-order valence-electron chi connectivity index (χ1n) is 6.57. The molecule has 1 atom stereocenters. The number of carboxylic acid groups (broad SMARTS) is 1. The molecule has 0 saturated carbocycles. The van der Waals surface area contributed by atoms with Crippen molar-refractivity contribution in [2.75, 3.05) is 6.54 Å². The molecule has 5 heteroatoms. The lowest BCUT2D eigenvalue weighted by Crippen LogP contribution is -2.56. The number of piperidine rings is 1. The summed E-state index contributed by atoms with van der Waals surface area (Å²) in [6.45, 7) is 2.17. The Morgan fingerprint density at radius 2 is 2.26 bits per heavy atom.